The first-order valence-corrected chi connectivity index (χ1v) is 10.0. The lowest BCUT2D eigenvalue weighted by Gasteiger charge is -2.29. The van der Waals surface area contributed by atoms with E-state index in [0.29, 0.717) is 16.4 Å². The van der Waals surface area contributed by atoms with Crippen LogP contribution in [-0.2, 0) is 0 Å². The van der Waals surface area contributed by atoms with Crippen LogP contribution in [0.2, 0.25) is 5.02 Å². The number of halogens is 1. The van der Waals surface area contributed by atoms with Gasteiger partial charge in [0.15, 0.2) is 0 Å². The van der Waals surface area contributed by atoms with Gasteiger partial charge in [0.1, 0.15) is 5.69 Å². The molecule has 1 aliphatic heterocycles. The minimum absolute atomic E-state index is 0.236. The van der Waals surface area contributed by atoms with Crippen molar-refractivity contribution in [2.45, 2.75) is 0 Å². The molecule has 0 bridgehead atoms. The standard InChI is InChI=1S/C20H18ClN3OS/c21-17-13-15(5-6-18(17)24-9-11-26-12-10-24)23-20(25)19-16-4-2-1-3-14(16)7-8-22-19/h1-8,13H,9-12H2,(H,23,25). The number of fused-ring (bicyclic) bond motifs is 1. The number of nitrogens with one attached hydrogen (secondary N) is 1. The monoisotopic (exact) mass is 383 g/mol. The van der Waals surface area contributed by atoms with Gasteiger partial charge in [0.2, 0.25) is 0 Å². The number of pyridine rings is 1. The fraction of sp³-hybridized carbons (Fsp3) is 0.200. The molecule has 2 aromatic carbocycles. The van der Waals surface area contributed by atoms with Gasteiger partial charge in [-0.05, 0) is 29.7 Å². The maximum atomic E-state index is 12.7. The number of hydrogen-bond donors (Lipinski definition) is 1. The normalized spacial score (nSPS) is 14.4. The molecule has 2 heterocycles. The summed E-state index contributed by atoms with van der Waals surface area (Å²) in [5.41, 5.74) is 2.11. The van der Waals surface area contributed by atoms with Crippen LogP contribution in [-0.4, -0.2) is 35.5 Å². The highest BCUT2D eigenvalue weighted by Crippen LogP contribution is 2.31. The highest BCUT2D eigenvalue weighted by molar-refractivity contribution is 7.99. The number of hydrogen-bond acceptors (Lipinski definition) is 4. The molecular weight excluding hydrogens is 366 g/mol. The van der Waals surface area contributed by atoms with Gasteiger partial charge < -0.3 is 10.2 Å². The molecule has 4 nitrogen and oxygen atoms in total. The summed E-state index contributed by atoms with van der Waals surface area (Å²) < 4.78 is 0. The summed E-state index contributed by atoms with van der Waals surface area (Å²) in [4.78, 5) is 19.2. The molecule has 1 amide bonds. The van der Waals surface area contributed by atoms with E-state index in [-0.39, 0.29) is 5.91 Å². The molecule has 26 heavy (non-hydrogen) atoms. The Hall–Kier alpha value is -2.24. The molecule has 1 N–H and O–H groups in total. The van der Waals surface area contributed by atoms with Crippen molar-refractivity contribution in [2.24, 2.45) is 0 Å². The van der Waals surface area contributed by atoms with Gasteiger partial charge in [0.05, 0.1) is 10.7 Å². The lowest BCUT2D eigenvalue weighted by Crippen LogP contribution is -2.32. The molecule has 0 spiro atoms. The SMILES string of the molecule is O=C(Nc1ccc(N2CCSCC2)c(Cl)c1)c1nccc2ccccc12. The van der Waals surface area contributed by atoms with Crippen LogP contribution in [0.5, 0.6) is 0 Å². The maximum absolute atomic E-state index is 12.7. The molecule has 0 unspecified atom stereocenters. The largest absolute Gasteiger partial charge is 0.369 e. The molecule has 3 aromatic rings. The predicted molar refractivity (Wildman–Crippen MR) is 111 cm³/mol. The number of carbonyl (C=O) groups excluding carboxylic acids is 1. The first-order chi connectivity index (χ1) is 12.7. The van der Waals surface area contributed by atoms with Crippen molar-refractivity contribution in [2.75, 3.05) is 34.8 Å². The van der Waals surface area contributed by atoms with Crippen LogP contribution in [0, 0.1) is 0 Å². The Bertz CT molecular complexity index is 951. The number of carbonyl (C=O) groups is 1. The van der Waals surface area contributed by atoms with Crippen LogP contribution >= 0.6 is 23.4 Å². The summed E-state index contributed by atoms with van der Waals surface area (Å²) in [6, 6.07) is 15.3. The number of anilines is 2. The summed E-state index contributed by atoms with van der Waals surface area (Å²) in [6.45, 7) is 1.99. The lowest BCUT2D eigenvalue weighted by molar-refractivity contribution is 0.102. The van der Waals surface area contributed by atoms with E-state index in [1.54, 1.807) is 6.20 Å². The minimum Gasteiger partial charge on any atom is -0.369 e. The van der Waals surface area contributed by atoms with E-state index in [4.69, 9.17) is 11.6 Å². The van der Waals surface area contributed by atoms with Crippen LogP contribution in [0.1, 0.15) is 10.5 Å². The fourth-order valence-electron chi connectivity index (χ4n) is 3.14. The van der Waals surface area contributed by atoms with Gasteiger partial charge in [-0.1, -0.05) is 35.9 Å². The zero-order valence-corrected chi connectivity index (χ0v) is 15.7. The molecule has 0 aliphatic carbocycles. The average molecular weight is 384 g/mol. The second kappa shape index (κ2) is 7.56. The Morgan fingerprint density at radius 3 is 2.73 bits per heavy atom. The van der Waals surface area contributed by atoms with Crippen molar-refractivity contribution in [1.82, 2.24) is 4.98 Å². The molecule has 1 fully saturated rings. The number of rotatable bonds is 3. The fourth-order valence-corrected chi connectivity index (χ4v) is 4.34. The number of thioether (sulfide) groups is 1. The van der Waals surface area contributed by atoms with Crippen LogP contribution in [0.4, 0.5) is 11.4 Å². The Morgan fingerprint density at radius 2 is 1.92 bits per heavy atom. The third kappa shape index (κ3) is 3.50. The predicted octanol–water partition coefficient (Wildman–Crippen LogP) is 4.69. The smallest absolute Gasteiger partial charge is 0.274 e. The number of aromatic nitrogens is 1. The van der Waals surface area contributed by atoms with Crippen LogP contribution < -0.4 is 10.2 Å². The molecule has 132 valence electrons. The lowest BCUT2D eigenvalue weighted by atomic mass is 10.1. The van der Waals surface area contributed by atoms with Gasteiger partial charge in [-0.2, -0.15) is 11.8 Å². The molecular formula is C20H18ClN3OS. The summed E-state index contributed by atoms with van der Waals surface area (Å²) in [7, 11) is 0. The topological polar surface area (TPSA) is 45.2 Å². The van der Waals surface area contributed by atoms with Gasteiger partial charge >= 0.3 is 0 Å². The molecule has 1 aromatic heterocycles. The Labute approximate surface area is 161 Å². The molecule has 0 atom stereocenters. The Balaban J connectivity index is 1.57. The zero-order valence-electron chi connectivity index (χ0n) is 14.1. The second-order valence-electron chi connectivity index (χ2n) is 6.10. The Kier molecular flexibility index (Phi) is 5.00. The highest BCUT2D eigenvalue weighted by atomic mass is 35.5. The molecule has 1 aliphatic rings. The first-order valence-electron chi connectivity index (χ1n) is 8.50. The number of benzene rings is 2. The van der Waals surface area contributed by atoms with Crippen LogP contribution in [0.15, 0.2) is 54.7 Å². The van der Waals surface area contributed by atoms with Crippen molar-refractivity contribution < 1.29 is 4.79 Å². The number of amides is 1. The summed E-state index contributed by atoms with van der Waals surface area (Å²) >= 11 is 8.43. The molecule has 6 heteroatoms. The zero-order chi connectivity index (χ0) is 17.9. The van der Waals surface area contributed by atoms with Crippen molar-refractivity contribution >= 4 is 51.4 Å². The summed E-state index contributed by atoms with van der Waals surface area (Å²) in [5.74, 6) is 1.99. The van der Waals surface area contributed by atoms with Crippen LogP contribution in [0.3, 0.4) is 0 Å². The highest BCUT2D eigenvalue weighted by Gasteiger charge is 2.16. The van der Waals surface area contributed by atoms with Crippen molar-refractivity contribution in [3.05, 3.63) is 65.4 Å². The molecule has 0 radical (unpaired) electrons. The third-order valence-electron chi connectivity index (χ3n) is 4.45. The Morgan fingerprint density at radius 1 is 1.12 bits per heavy atom. The third-order valence-corrected chi connectivity index (χ3v) is 5.69. The van der Waals surface area contributed by atoms with Gasteiger partial charge in [-0.25, -0.2) is 0 Å². The van der Waals surface area contributed by atoms with E-state index < -0.39 is 0 Å². The van der Waals surface area contributed by atoms with Crippen molar-refractivity contribution in [3.63, 3.8) is 0 Å². The number of nitrogens with zero attached hydrogens (tertiary/aromatic N) is 2. The van der Waals surface area contributed by atoms with Gasteiger partial charge in [0.25, 0.3) is 5.91 Å². The summed E-state index contributed by atoms with van der Waals surface area (Å²) in [5, 5.41) is 5.39. The molecule has 4 rings (SSSR count). The van der Waals surface area contributed by atoms with Crippen LogP contribution in [0.25, 0.3) is 10.8 Å². The van der Waals surface area contributed by atoms with Crippen molar-refractivity contribution in [3.8, 4) is 0 Å². The van der Waals surface area contributed by atoms with E-state index in [1.165, 1.54) is 0 Å². The van der Waals surface area contributed by atoms with E-state index in [9.17, 15) is 4.79 Å². The molecule has 0 saturated carbocycles. The van der Waals surface area contributed by atoms with Gasteiger partial charge in [-0.3, -0.25) is 9.78 Å². The van der Waals surface area contributed by atoms with Gasteiger partial charge in [0, 0.05) is 41.9 Å². The molecule has 1 saturated heterocycles. The second-order valence-corrected chi connectivity index (χ2v) is 7.73. The maximum Gasteiger partial charge on any atom is 0.274 e. The minimum atomic E-state index is -0.236. The van der Waals surface area contributed by atoms with E-state index in [0.717, 1.165) is 41.1 Å². The average Bonchev–Trinajstić information content (AvgIpc) is 2.68. The van der Waals surface area contributed by atoms with E-state index in [2.05, 4.69) is 15.2 Å². The first kappa shape index (κ1) is 17.2. The summed E-state index contributed by atoms with van der Waals surface area (Å²) in [6.07, 6.45) is 1.65. The quantitative estimate of drug-likeness (QED) is 0.712. The van der Waals surface area contributed by atoms with E-state index in [1.807, 2.05) is 60.3 Å². The van der Waals surface area contributed by atoms with Crippen molar-refractivity contribution in [1.29, 1.82) is 0 Å². The van der Waals surface area contributed by atoms with E-state index >= 15 is 0 Å². The van der Waals surface area contributed by atoms with Gasteiger partial charge in [-0.15, -0.1) is 0 Å².